The quantitative estimate of drug-likeness (QED) is 0.728. The van der Waals surface area contributed by atoms with E-state index in [4.69, 9.17) is 5.11 Å². The lowest BCUT2D eigenvalue weighted by atomic mass is 9.79. The Labute approximate surface area is 78.1 Å². The van der Waals surface area contributed by atoms with E-state index in [1.54, 1.807) is 0 Å². The van der Waals surface area contributed by atoms with Gasteiger partial charge >= 0.3 is 5.97 Å². The van der Waals surface area contributed by atoms with Gasteiger partial charge < -0.3 is 5.11 Å². The maximum Gasteiger partial charge on any atom is 0.310 e. The van der Waals surface area contributed by atoms with E-state index in [9.17, 15) is 9.59 Å². The Bertz CT molecular complexity index is 232. The fraction of sp³-hybridized carbons (Fsp3) is 0.800. The van der Waals surface area contributed by atoms with E-state index >= 15 is 0 Å². The maximum absolute atomic E-state index is 11.1. The third kappa shape index (κ3) is 2.08. The molecule has 0 aromatic carbocycles. The predicted molar refractivity (Wildman–Crippen MR) is 48.4 cm³/mol. The van der Waals surface area contributed by atoms with Crippen LogP contribution in [-0.2, 0) is 9.59 Å². The van der Waals surface area contributed by atoms with E-state index in [0.717, 1.165) is 0 Å². The van der Waals surface area contributed by atoms with Gasteiger partial charge in [-0.2, -0.15) is 0 Å². The molecular weight excluding hydrogens is 168 g/mol. The first-order valence-corrected chi connectivity index (χ1v) is 4.71. The summed E-state index contributed by atoms with van der Waals surface area (Å²) >= 11 is 0. The van der Waals surface area contributed by atoms with Crippen LogP contribution in [0.1, 0.15) is 39.5 Å². The molecule has 0 aliphatic heterocycles. The predicted octanol–water partition coefficient (Wildman–Crippen LogP) is 1.86. The second kappa shape index (κ2) is 3.48. The molecule has 1 fully saturated rings. The third-order valence-electron chi connectivity index (χ3n) is 2.67. The van der Waals surface area contributed by atoms with Crippen molar-refractivity contribution in [2.75, 3.05) is 0 Å². The van der Waals surface area contributed by atoms with E-state index in [-0.39, 0.29) is 12.2 Å². The van der Waals surface area contributed by atoms with E-state index in [1.807, 2.05) is 13.8 Å². The van der Waals surface area contributed by atoms with Crippen LogP contribution in [0.4, 0.5) is 0 Å². The SMILES string of the molecule is CC(C)CC1(C(=O)O)CCC(=O)C1. The highest BCUT2D eigenvalue weighted by Gasteiger charge is 2.45. The van der Waals surface area contributed by atoms with Crippen molar-refractivity contribution in [3.05, 3.63) is 0 Å². The van der Waals surface area contributed by atoms with Crippen molar-refractivity contribution in [2.45, 2.75) is 39.5 Å². The van der Waals surface area contributed by atoms with Crippen LogP contribution >= 0.6 is 0 Å². The Morgan fingerprint density at radius 2 is 2.23 bits per heavy atom. The topological polar surface area (TPSA) is 54.4 Å². The summed E-state index contributed by atoms with van der Waals surface area (Å²) in [5, 5.41) is 9.08. The summed E-state index contributed by atoms with van der Waals surface area (Å²) < 4.78 is 0. The van der Waals surface area contributed by atoms with Crippen molar-refractivity contribution >= 4 is 11.8 Å². The van der Waals surface area contributed by atoms with Crippen LogP contribution in [0.15, 0.2) is 0 Å². The molecule has 3 nitrogen and oxygen atoms in total. The molecular formula is C10H16O3. The summed E-state index contributed by atoms with van der Waals surface area (Å²) in [5.41, 5.74) is -0.745. The molecule has 1 atom stereocenters. The standard InChI is InChI=1S/C10H16O3/c1-7(2)5-10(9(12)13)4-3-8(11)6-10/h7H,3-6H2,1-2H3,(H,12,13). The largest absolute Gasteiger partial charge is 0.481 e. The Morgan fingerprint density at radius 1 is 1.62 bits per heavy atom. The second-order valence-electron chi connectivity index (χ2n) is 4.40. The normalized spacial score (nSPS) is 28.4. The molecule has 0 saturated heterocycles. The fourth-order valence-electron chi connectivity index (χ4n) is 2.16. The van der Waals surface area contributed by atoms with Crippen LogP contribution in [0.2, 0.25) is 0 Å². The molecule has 1 N–H and O–H groups in total. The van der Waals surface area contributed by atoms with E-state index in [0.29, 0.717) is 25.2 Å². The first-order valence-electron chi connectivity index (χ1n) is 4.71. The van der Waals surface area contributed by atoms with Crippen molar-refractivity contribution in [3.63, 3.8) is 0 Å². The van der Waals surface area contributed by atoms with Gasteiger partial charge in [0.1, 0.15) is 5.78 Å². The zero-order valence-electron chi connectivity index (χ0n) is 8.17. The lowest BCUT2D eigenvalue weighted by Crippen LogP contribution is -2.29. The number of hydrogen-bond donors (Lipinski definition) is 1. The van der Waals surface area contributed by atoms with Gasteiger partial charge in [0.25, 0.3) is 0 Å². The lowest BCUT2D eigenvalue weighted by molar-refractivity contribution is -0.150. The van der Waals surface area contributed by atoms with Gasteiger partial charge in [-0.05, 0) is 18.8 Å². The van der Waals surface area contributed by atoms with Crippen LogP contribution in [0, 0.1) is 11.3 Å². The van der Waals surface area contributed by atoms with Crippen LogP contribution in [0.3, 0.4) is 0 Å². The molecule has 3 heteroatoms. The summed E-state index contributed by atoms with van der Waals surface area (Å²) in [7, 11) is 0. The molecule has 0 radical (unpaired) electrons. The molecule has 0 spiro atoms. The Hall–Kier alpha value is -0.860. The Morgan fingerprint density at radius 3 is 2.54 bits per heavy atom. The van der Waals surface area contributed by atoms with Gasteiger partial charge in [-0.1, -0.05) is 13.8 Å². The number of carboxylic acid groups (broad SMARTS) is 1. The van der Waals surface area contributed by atoms with Gasteiger partial charge in [-0.15, -0.1) is 0 Å². The van der Waals surface area contributed by atoms with Gasteiger partial charge in [-0.3, -0.25) is 9.59 Å². The summed E-state index contributed by atoms with van der Waals surface area (Å²) in [6.45, 7) is 3.99. The molecule has 1 rings (SSSR count). The monoisotopic (exact) mass is 184 g/mol. The minimum atomic E-state index is -0.799. The first kappa shape index (κ1) is 10.2. The van der Waals surface area contributed by atoms with Crippen LogP contribution < -0.4 is 0 Å². The van der Waals surface area contributed by atoms with Gasteiger partial charge in [0.05, 0.1) is 5.41 Å². The van der Waals surface area contributed by atoms with Crippen molar-refractivity contribution in [1.82, 2.24) is 0 Å². The minimum absolute atomic E-state index is 0.100. The van der Waals surface area contributed by atoms with Crippen molar-refractivity contribution < 1.29 is 14.7 Å². The maximum atomic E-state index is 11.1. The van der Waals surface area contributed by atoms with Crippen molar-refractivity contribution in [3.8, 4) is 0 Å². The van der Waals surface area contributed by atoms with Crippen LogP contribution in [0.5, 0.6) is 0 Å². The average molecular weight is 184 g/mol. The van der Waals surface area contributed by atoms with E-state index in [2.05, 4.69) is 0 Å². The fourth-order valence-corrected chi connectivity index (χ4v) is 2.16. The number of ketones is 1. The number of hydrogen-bond acceptors (Lipinski definition) is 2. The number of Topliss-reactive ketones (excluding diaryl/α,β-unsaturated/α-hetero) is 1. The van der Waals surface area contributed by atoms with E-state index in [1.165, 1.54) is 0 Å². The third-order valence-corrected chi connectivity index (χ3v) is 2.67. The molecule has 13 heavy (non-hydrogen) atoms. The highest BCUT2D eigenvalue weighted by molar-refractivity contribution is 5.89. The number of carboxylic acids is 1. The zero-order valence-corrected chi connectivity index (χ0v) is 8.17. The molecule has 0 aromatic rings. The summed E-state index contributed by atoms with van der Waals surface area (Å²) in [4.78, 5) is 22.1. The summed E-state index contributed by atoms with van der Waals surface area (Å²) in [6.07, 6.45) is 1.83. The lowest BCUT2D eigenvalue weighted by Gasteiger charge is -2.24. The molecule has 74 valence electrons. The second-order valence-corrected chi connectivity index (χ2v) is 4.40. The molecule has 0 aromatic heterocycles. The van der Waals surface area contributed by atoms with Crippen LogP contribution in [-0.4, -0.2) is 16.9 Å². The molecule has 0 heterocycles. The number of carbonyl (C=O) groups is 2. The first-order chi connectivity index (χ1) is 5.96. The number of rotatable bonds is 3. The smallest absolute Gasteiger partial charge is 0.310 e. The number of carbonyl (C=O) groups excluding carboxylic acids is 1. The minimum Gasteiger partial charge on any atom is -0.481 e. The van der Waals surface area contributed by atoms with Gasteiger partial charge in [0.15, 0.2) is 0 Å². The average Bonchev–Trinajstić information content (AvgIpc) is 2.31. The van der Waals surface area contributed by atoms with Gasteiger partial charge in [0, 0.05) is 12.8 Å². The van der Waals surface area contributed by atoms with Crippen molar-refractivity contribution in [2.24, 2.45) is 11.3 Å². The Kier molecular flexibility index (Phi) is 2.74. The molecule has 0 amide bonds. The summed E-state index contributed by atoms with van der Waals surface area (Å²) in [5.74, 6) is -0.364. The number of aliphatic carboxylic acids is 1. The van der Waals surface area contributed by atoms with Gasteiger partial charge in [0.2, 0.25) is 0 Å². The highest BCUT2D eigenvalue weighted by Crippen LogP contribution is 2.41. The molecule has 1 aliphatic rings. The van der Waals surface area contributed by atoms with Crippen LogP contribution in [0.25, 0.3) is 0 Å². The molecule has 1 saturated carbocycles. The summed E-state index contributed by atoms with van der Waals surface area (Å²) in [6, 6.07) is 0. The molecule has 1 unspecified atom stereocenters. The molecule has 1 aliphatic carbocycles. The zero-order chi connectivity index (χ0) is 10.1. The van der Waals surface area contributed by atoms with E-state index < -0.39 is 11.4 Å². The molecule has 0 bridgehead atoms. The van der Waals surface area contributed by atoms with Gasteiger partial charge in [-0.25, -0.2) is 0 Å². The van der Waals surface area contributed by atoms with Crippen molar-refractivity contribution in [1.29, 1.82) is 0 Å². The highest BCUT2D eigenvalue weighted by atomic mass is 16.4. The Balaban J connectivity index is 2.77.